The van der Waals surface area contributed by atoms with Crippen LogP contribution < -0.4 is 10.4 Å². The zero-order chi connectivity index (χ0) is 19.4. The van der Waals surface area contributed by atoms with Gasteiger partial charge in [0, 0.05) is 38.2 Å². The molecule has 1 amide bonds. The van der Waals surface area contributed by atoms with E-state index in [0.717, 1.165) is 5.56 Å². The summed E-state index contributed by atoms with van der Waals surface area (Å²) in [6.07, 6.45) is 0.529. The number of aryl methyl sites for hydroxylation is 1. The number of methoxy groups -OCH3 is 1. The Labute approximate surface area is 162 Å². The van der Waals surface area contributed by atoms with Gasteiger partial charge in [0.1, 0.15) is 11.6 Å². The van der Waals surface area contributed by atoms with Crippen LogP contribution in [0.25, 0.3) is 0 Å². The quantitative estimate of drug-likeness (QED) is 0.733. The van der Waals surface area contributed by atoms with Gasteiger partial charge in [0.15, 0.2) is 6.61 Å². The van der Waals surface area contributed by atoms with Gasteiger partial charge in [-0.3, -0.25) is 9.36 Å². The number of hydrogen-bond donors (Lipinski definition) is 0. The van der Waals surface area contributed by atoms with Gasteiger partial charge in [-0.25, -0.2) is 9.48 Å². The summed E-state index contributed by atoms with van der Waals surface area (Å²) in [4.78, 5) is 26.6. The standard InChI is InChI=1S/C18H23ClN4O4/c1-13-11-14(19)3-4-15(13)27-12-17(24)21-6-5-16-20-23(9-10-26-2)18(25)22(16)8-7-21/h3-4,11H,5-10,12H2,1-2H3. The molecule has 0 radical (unpaired) electrons. The van der Waals surface area contributed by atoms with Gasteiger partial charge in [-0.15, -0.1) is 0 Å². The number of carbonyl (C=O) groups excluding carboxylic acids is 1. The Balaban J connectivity index is 1.59. The minimum Gasteiger partial charge on any atom is -0.483 e. The number of benzene rings is 1. The Morgan fingerprint density at radius 3 is 2.85 bits per heavy atom. The number of rotatable bonds is 6. The third-order valence-electron chi connectivity index (χ3n) is 4.55. The molecule has 0 saturated heterocycles. The van der Waals surface area contributed by atoms with Crippen LogP contribution in [-0.4, -0.2) is 58.6 Å². The van der Waals surface area contributed by atoms with Crippen molar-refractivity contribution in [1.29, 1.82) is 0 Å². The molecule has 1 aliphatic heterocycles. The molecule has 3 rings (SSSR count). The van der Waals surface area contributed by atoms with Crippen molar-refractivity contribution in [2.75, 3.05) is 33.4 Å². The Morgan fingerprint density at radius 1 is 1.30 bits per heavy atom. The molecule has 1 aliphatic rings. The van der Waals surface area contributed by atoms with Crippen LogP contribution in [0.15, 0.2) is 23.0 Å². The van der Waals surface area contributed by atoms with Crippen LogP contribution in [0.4, 0.5) is 0 Å². The molecule has 0 unspecified atom stereocenters. The van der Waals surface area contributed by atoms with Gasteiger partial charge in [-0.2, -0.15) is 5.10 Å². The average molecular weight is 395 g/mol. The summed E-state index contributed by atoms with van der Waals surface area (Å²) in [6, 6.07) is 5.28. The molecule has 2 heterocycles. The second-order valence-corrected chi connectivity index (χ2v) is 6.83. The Kier molecular flexibility index (Phi) is 6.18. The number of ether oxygens (including phenoxy) is 2. The van der Waals surface area contributed by atoms with E-state index in [1.807, 2.05) is 6.92 Å². The zero-order valence-corrected chi connectivity index (χ0v) is 16.2. The van der Waals surface area contributed by atoms with Crippen LogP contribution >= 0.6 is 11.6 Å². The predicted octanol–water partition coefficient (Wildman–Crippen LogP) is 1.12. The number of carbonyl (C=O) groups is 1. The van der Waals surface area contributed by atoms with E-state index in [2.05, 4.69) is 5.10 Å². The van der Waals surface area contributed by atoms with Crippen molar-refractivity contribution in [3.63, 3.8) is 0 Å². The minimum absolute atomic E-state index is 0.0527. The molecule has 0 aliphatic carbocycles. The van der Waals surface area contributed by atoms with E-state index in [1.165, 1.54) is 4.68 Å². The first kappa shape index (κ1) is 19.4. The van der Waals surface area contributed by atoms with Crippen LogP contribution in [0.5, 0.6) is 5.75 Å². The molecule has 27 heavy (non-hydrogen) atoms. The van der Waals surface area contributed by atoms with Gasteiger partial charge in [-0.05, 0) is 30.7 Å². The first-order chi connectivity index (χ1) is 13.0. The van der Waals surface area contributed by atoms with Crippen molar-refractivity contribution in [3.05, 3.63) is 45.1 Å². The molecular weight excluding hydrogens is 372 g/mol. The van der Waals surface area contributed by atoms with E-state index in [-0.39, 0.29) is 18.2 Å². The average Bonchev–Trinajstić information content (AvgIpc) is 2.81. The van der Waals surface area contributed by atoms with Gasteiger partial charge in [-0.1, -0.05) is 11.6 Å². The lowest BCUT2D eigenvalue weighted by Gasteiger charge is -2.20. The van der Waals surface area contributed by atoms with Crippen LogP contribution in [0.3, 0.4) is 0 Å². The van der Waals surface area contributed by atoms with Crippen molar-refractivity contribution in [2.45, 2.75) is 26.4 Å². The number of nitrogens with zero attached hydrogens (tertiary/aromatic N) is 4. The fourth-order valence-corrected chi connectivity index (χ4v) is 3.27. The molecule has 9 heteroatoms. The van der Waals surface area contributed by atoms with Crippen molar-refractivity contribution in [3.8, 4) is 5.75 Å². The summed E-state index contributed by atoms with van der Waals surface area (Å²) in [5, 5.41) is 4.99. The maximum absolute atomic E-state index is 12.5. The highest BCUT2D eigenvalue weighted by molar-refractivity contribution is 6.30. The van der Waals surface area contributed by atoms with Crippen LogP contribution in [0.1, 0.15) is 11.4 Å². The molecule has 0 fully saturated rings. The molecule has 8 nitrogen and oxygen atoms in total. The first-order valence-electron chi connectivity index (χ1n) is 8.82. The topological polar surface area (TPSA) is 78.6 Å². The fraction of sp³-hybridized carbons (Fsp3) is 0.500. The maximum atomic E-state index is 12.5. The zero-order valence-electron chi connectivity index (χ0n) is 15.5. The third kappa shape index (κ3) is 4.51. The monoisotopic (exact) mass is 394 g/mol. The van der Waals surface area contributed by atoms with E-state index in [0.29, 0.717) is 55.8 Å². The van der Waals surface area contributed by atoms with Crippen molar-refractivity contribution in [1.82, 2.24) is 19.2 Å². The molecule has 2 aromatic rings. The normalized spacial score (nSPS) is 14.0. The second-order valence-electron chi connectivity index (χ2n) is 6.40. The molecule has 146 valence electrons. The largest absolute Gasteiger partial charge is 0.483 e. The van der Waals surface area contributed by atoms with Crippen molar-refractivity contribution >= 4 is 17.5 Å². The SMILES string of the molecule is COCCn1nc2n(c1=O)CCN(C(=O)COc1ccc(Cl)cc1C)CC2. The minimum atomic E-state index is -0.163. The lowest BCUT2D eigenvalue weighted by molar-refractivity contribution is -0.133. The maximum Gasteiger partial charge on any atom is 0.346 e. The predicted molar refractivity (Wildman–Crippen MR) is 100 cm³/mol. The molecule has 0 bridgehead atoms. The molecule has 0 atom stereocenters. The number of halogens is 1. The van der Waals surface area contributed by atoms with Crippen molar-refractivity contribution in [2.24, 2.45) is 0 Å². The molecule has 0 saturated carbocycles. The van der Waals surface area contributed by atoms with E-state index in [1.54, 1.807) is 34.8 Å². The summed E-state index contributed by atoms with van der Waals surface area (Å²) in [5.41, 5.74) is 0.715. The van der Waals surface area contributed by atoms with Crippen molar-refractivity contribution < 1.29 is 14.3 Å². The fourth-order valence-electron chi connectivity index (χ4n) is 3.04. The van der Waals surface area contributed by atoms with Gasteiger partial charge in [0.2, 0.25) is 0 Å². The summed E-state index contributed by atoms with van der Waals surface area (Å²) in [5.74, 6) is 1.22. The Hall–Kier alpha value is -2.32. The highest BCUT2D eigenvalue weighted by Gasteiger charge is 2.22. The Morgan fingerprint density at radius 2 is 2.11 bits per heavy atom. The van der Waals surface area contributed by atoms with E-state index in [4.69, 9.17) is 21.1 Å². The molecular formula is C18H23ClN4O4. The third-order valence-corrected chi connectivity index (χ3v) is 4.78. The van der Waals surface area contributed by atoms with Crippen LogP contribution in [0, 0.1) is 6.92 Å². The lowest BCUT2D eigenvalue weighted by atomic mass is 10.2. The molecule has 1 aromatic carbocycles. The summed E-state index contributed by atoms with van der Waals surface area (Å²) < 4.78 is 13.7. The van der Waals surface area contributed by atoms with Gasteiger partial charge >= 0.3 is 5.69 Å². The highest BCUT2D eigenvalue weighted by atomic mass is 35.5. The molecule has 0 spiro atoms. The molecule has 0 N–H and O–H groups in total. The first-order valence-corrected chi connectivity index (χ1v) is 9.19. The number of aromatic nitrogens is 3. The smallest absolute Gasteiger partial charge is 0.346 e. The second kappa shape index (κ2) is 8.58. The van der Waals surface area contributed by atoms with Gasteiger partial charge < -0.3 is 14.4 Å². The number of amides is 1. The van der Waals surface area contributed by atoms with E-state index < -0.39 is 0 Å². The van der Waals surface area contributed by atoms with Gasteiger partial charge in [0.05, 0.1) is 13.2 Å². The van der Waals surface area contributed by atoms with E-state index in [9.17, 15) is 9.59 Å². The van der Waals surface area contributed by atoms with E-state index >= 15 is 0 Å². The summed E-state index contributed by atoms with van der Waals surface area (Å²) in [6.45, 7) is 4.06. The molecule has 1 aromatic heterocycles. The summed E-state index contributed by atoms with van der Waals surface area (Å²) >= 11 is 5.93. The Bertz CT molecular complexity index is 877. The summed E-state index contributed by atoms with van der Waals surface area (Å²) in [7, 11) is 1.59. The number of hydrogen-bond acceptors (Lipinski definition) is 5. The van der Waals surface area contributed by atoms with Crippen LogP contribution in [-0.2, 0) is 29.0 Å². The lowest BCUT2D eigenvalue weighted by Crippen LogP contribution is -2.38. The number of fused-ring (bicyclic) bond motifs is 1. The van der Waals surface area contributed by atoms with Crippen LogP contribution in [0.2, 0.25) is 5.02 Å². The highest BCUT2D eigenvalue weighted by Crippen LogP contribution is 2.21. The van der Waals surface area contributed by atoms with Gasteiger partial charge in [0.25, 0.3) is 5.91 Å².